The van der Waals surface area contributed by atoms with E-state index in [-0.39, 0.29) is 33.6 Å². The Bertz CT molecular complexity index is 1760. The third-order valence-corrected chi connectivity index (χ3v) is 7.56. The fourth-order valence-electron chi connectivity index (χ4n) is 5.58. The molecule has 13 heteroatoms. The van der Waals surface area contributed by atoms with E-state index < -0.39 is 92.5 Å². The number of methoxy groups -OCH3 is 2. The third-order valence-electron chi connectivity index (χ3n) is 7.56. The molecule has 0 aliphatic heterocycles. The van der Waals surface area contributed by atoms with Gasteiger partial charge in [0.25, 0.3) is 5.91 Å². The summed E-state index contributed by atoms with van der Waals surface area (Å²) in [6.07, 6.45) is -3.62. The summed E-state index contributed by atoms with van der Waals surface area (Å²) in [7, 11) is 2.39. The fraction of sp³-hybridized carbons (Fsp3) is 0.241. The summed E-state index contributed by atoms with van der Waals surface area (Å²) < 4.78 is 10.5. The molecule has 0 saturated carbocycles. The van der Waals surface area contributed by atoms with Crippen molar-refractivity contribution in [3.8, 4) is 39.9 Å². The van der Waals surface area contributed by atoms with Crippen molar-refractivity contribution in [3.05, 3.63) is 62.7 Å². The van der Waals surface area contributed by atoms with Crippen molar-refractivity contribution in [2.24, 2.45) is 0 Å². The van der Waals surface area contributed by atoms with Crippen LogP contribution in [0.4, 0.5) is 0 Å². The van der Waals surface area contributed by atoms with Crippen molar-refractivity contribution in [1.82, 2.24) is 5.32 Å². The molecule has 42 heavy (non-hydrogen) atoms. The van der Waals surface area contributed by atoms with Crippen molar-refractivity contribution in [2.75, 3.05) is 14.2 Å². The second-order valence-corrected chi connectivity index (χ2v) is 9.95. The van der Waals surface area contributed by atoms with E-state index in [4.69, 9.17) is 9.47 Å². The second-order valence-electron chi connectivity index (χ2n) is 9.95. The van der Waals surface area contributed by atoms with Crippen molar-refractivity contribution in [3.63, 3.8) is 0 Å². The zero-order valence-electron chi connectivity index (χ0n) is 22.6. The van der Waals surface area contributed by atoms with E-state index in [9.17, 15) is 49.8 Å². The number of aliphatic hydroxyl groups is 2. The first-order valence-corrected chi connectivity index (χ1v) is 12.5. The van der Waals surface area contributed by atoms with Gasteiger partial charge in [0.1, 0.15) is 47.0 Å². The van der Waals surface area contributed by atoms with Gasteiger partial charge >= 0.3 is 5.97 Å². The Morgan fingerprint density at radius 1 is 0.857 bits per heavy atom. The number of ether oxygens (including phenoxy) is 2. The zero-order valence-corrected chi connectivity index (χ0v) is 22.6. The van der Waals surface area contributed by atoms with Crippen LogP contribution in [0.3, 0.4) is 0 Å². The monoisotopic (exact) mass is 579 g/mol. The first-order valence-electron chi connectivity index (χ1n) is 12.5. The number of hydrogen-bond acceptors (Lipinski definition) is 11. The molecule has 3 aromatic rings. The second kappa shape index (κ2) is 9.75. The average molecular weight is 580 g/mol. The maximum atomic E-state index is 13.8. The number of carboxylic acids is 1. The molecule has 13 nitrogen and oxygen atoms in total. The van der Waals surface area contributed by atoms with E-state index in [1.165, 1.54) is 33.1 Å². The number of rotatable bonds is 5. The summed E-state index contributed by atoms with van der Waals surface area (Å²) in [5, 5.41) is 67.3. The minimum absolute atomic E-state index is 0.0449. The standard InChI is InChI=1S/C29H25NO12/c1-8-5-11-16(23(34)14(8)28(38)30-9(2)29(39)40)17-19(26(37)22(11)33)27(42-4)20-18(25(17)36)21(32)12-6-10(41-3)7-13(31)15(12)24(20)35/h5-7,9,22,26,31,33-34,36-37H,1-4H3,(H,30,38)(H,39,40)/t9-,22-,26-/m0/s1. The minimum Gasteiger partial charge on any atom is -0.507 e. The number of hydrogen-bond donors (Lipinski definition) is 7. The molecule has 7 N–H and O–H groups in total. The summed E-state index contributed by atoms with van der Waals surface area (Å²) >= 11 is 0. The summed E-state index contributed by atoms with van der Waals surface area (Å²) in [6.45, 7) is 2.61. The van der Waals surface area contributed by atoms with Gasteiger partial charge in [-0.15, -0.1) is 0 Å². The smallest absolute Gasteiger partial charge is 0.325 e. The van der Waals surface area contributed by atoms with Crippen molar-refractivity contribution >= 4 is 23.4 Å². The Hall–Kier alpha value is -5.14. The molecular weight excluding hydrogens is 554 g/mol. The number of aliphatic hydroxyl groups excluding tert-OH is 2. The highest BCUT2D eigenvalue weighted by Crippen LogP contribution is 2.58. The highest BCUT2D eigenvalue weighted by atomic mass is 16.5. The quantitative estimate of drug-likeness (QED) is 0.180. The van der Waals surface area contributed by atoms with Gasteiger partial charge in [0.05, 0.1) is 36.5 Å². The average Bonchev–Trinajstić information content (AvgIpc) is 2.93. The summed E-state index contributed by atoms with van der Waals surface area (Å²) in [6, 6.07) is 2.24. The van der Waals surface area contributed by atoms with Gasteiger partial charge in [-0.05, 0) is 31.0 Å². The van der Waals surface area contributed by atoms with Crippen molar-refractivity contribution in [2.45, 2.75) is 32.1 Å². The molecule has 0 fully saturated rings. The lowest BCUT2D eigenvalue weighted by atomic mass is 9.73. The summed E-state index contributed by atoms with van der Waals surface area (Å²) in [4.78, 5) is 51.8. The molecule has 3 aromatic carbocycles. The molecule has 0 heterocycles. The van der Waals surface area contributed by atoms with E-state index >= 15 is 0 Å². The number of phenolic OH excluding ortho intramolecular Hbond substituents is 3. The van der Waals surface area contributed by atoms with Crippen LogP contribution in [0.15, 0.2) is 18.2 Å². The number of fused-ring (bicyclic) bond motifs is 5. The van der Waals surface area contributed by atoms with Gasteiger partial charge in [-0.3, -0.25) is 19.2 Å². The predicted molar refractivity (Wildman–Crippen MR) is 143 cm³/mol. The van der Waals surface area contributed by atoms with E-state index in [1.807, 2.05) is 0 Å². The predicted octanol–water partition coefficient (Wildman–Crippen LogP) is 1.85. The Kier molecular flexibility index (Phi) is 6.59. The Morgan fingerprint density at radius 3 is 2.12 bits per heavy atom. The van der Waals surface area contributed by atoms with Crippen molar-refractivity contribution < 1.29 is 59.3 Å². The van der Waals surface area contributed by atoms with Crippen LogP contribution in [-0.2, 0) is 4.79 Å². The SMILES string of the molecule is COc1cc(O)c2c(c1)C(=O)c1c(O)c3c(c(OC)c1C2=O)[C@H](O)[C@@H](O)c1cc(C)c(C(=O)N[C@@H](C)C(=O)O)c(O)c1-3. The minimum atomic E-state index is -1.85. The van der Waals surface area contributed by atoms with Crippen LogP contribution in [0.25, 0.3) is 11.1 Å². The molecule has 0 spiro atoms. The Morgan fingerprint density at radius 2 is 1.52 bits per heavy atom. The molecule has 2 aliphatic carbocycles. The van der Waals surface area contributed by atoms with E-state index in [2.05, 4.69) is 5.32 Å². The molecule has 3 atom stereocenters. The lowest BCUT2D eigenvalue weighted by molar-refractivity contribution is -0.138. The van der Waals surface area contributed by atoms with Crippen LogP contribution >= 0.6 is 0 Å². The highest BCUT2D eigenvalue weighted by molar-refractivity contribution is 6.32. The maximum absolute atomic E-state index is 13.8. The van der Waals surface area contributed by atoms with Gasteiger partial charge in [-0.25, -0.2) is 0 Å². The molecule has 2 aliphatic rings. The number of aryl methyl sites for hydroxylation is 1. The number of carboxylic acid groups (broad SMARTS) is 1. The first kappa shape index (κ1) is 28.4. The molecule has 0 bridgehead atoms. The topological polar surface area (TPSA) is 220 Å². The van der Waals surface area contributed by atoms with Gasteiger partial charge in [-0.2, -0.15) is 0 Å². The number of benzene rings is 3. The summed E-state index contributed by atoms with van der Waals surface area (Å²) in [5.74, 6) is -6.81. The normalized spacial score (nSPS) is 17.4. The maximum Gasteiger partial charge on any atom is 0.325 e. The van der Waals surface area contributed by atoms with Crippen molar-refractivity contribution in [1.29, 1.82) is 0 Å². The number of carbonyl (C=O) groups is 4. The van der Waals surface area contributed by atoms with Gasteiger partial charge < -0.3 is 45.4 Å². The van der Waals surface area contributed by atoms with Gasteiger partial charge in [0, 0.05) is 28.3 Å². The van der Waals surface area contributed by atoms with Crippen LogP contribution < -0.4 is 14.8 Å². The number of phenols is 3. The number of ketones is 2. The van der Waals surface area contributed by atoms with Crippen LogP contribution in [0.1, 0.15) is 78.0 Å². The van der Waals surface area contributed by atoms with Crippen LogP contribution in [0.2, 0.25) is 0 Å². The molecule has 218 valence electrons. The molecule has 5 rings (SSSR count). The number of amides is 1. The third kappa shape index (κ3) is 3.78. The van der Waals surface area contributed by atoms with Gasteiger partial charge in [0.2, 0.25) is 5.78 Å². The summed E-state index contributed by atoms with van der Waals surface area (Å²) in [5.41, 5.74) is -3.30. The van der Waals surface area contributed by atoms with E-state index in [1.54, 1.807) is 0 Å². The fourth-order valence-corrected chi connectivity index (χ4v) is 5.58. The molecule has 0 radical (unpaired) electrons. The van der Waals surface area contributed by atoms with Gasteiger partial charge in [-0.1, -0.05) is 6.07 Å². The molecular formula is C29H25NO12. The number of nitrogens with one attached hydrogen (secondary N) is 1. The lowest BCUT2D eigenvalue weighted by Crippen LogP contribution is -2.38. The van der Waals surface area contributed by atoms with Crippen LogP contribution in [-0.4, -0.2) is 74.3 Å². The number of carbonyl (C=O) groups excluding carboxylic acids is 3. The molecule has 0 aromatic heterocycles. The van der Waals surface area contributed by atoms with Crippen LogP contribution in [0, 0.1) is 6.92 Å². The molecule has 0 saturated heterocycles. The Labute approximate surface area is 237 Å². The number of aromatic hydroxyl groups is 3. The highest BCUT2D eigenvalue weighted by Gasteiger charge is 2.46. The molecule has 0 unspecified atom stereocenters. The van der Waals surface area contributed by atoms with E-state index in [0.717, 1.165) is 13.2 Å². The zero-order chi connectivity index (χ0) is 30.9. The largest absolute Gasteiger partial charge is 0.507 e. The van der Waals surface area contributed by atoms with Crippen LogP contribution in [0.5, 0.6) is 28.7 Å². The number of aliphatic carboxylic acids is 1. The first-order chi connectivity index (χ1) is 19.8. The van der Waals surface area contributed by atoms with E-state index in [0.29, 0.717) is 0 Å². The Balaban J connectivity index is 1.86. The molecule has 1 amide bonds. The van der Waals surface area contributed by atoms with Gasteiger partial charge in [0.15, 0.2) is 5.78 Å². The lowest BCUT2D eigenvalue weighted by Gasteiger charge is -2.34.